The maximum atomic E-state index is 11.2. The number of hydrazine groups is 1. The van der Waals surface area contributed by atoms with E-state index in [0.29, 0.717) is 10.6 Å². The first kappa shape index (κ1) is 13.9. The summed E-state index contributed by atoms with van der Waals surface area (Å²) < 4.78 is 1.03. The molecule has 0 heterocycles. The molecule has 0 aliphatic rings. The quantitative estimate of drug-likeness (QED) is 0.294. The van der Waals surface area contributed by atoms with Gasteiger partial charge in [-0.25, -0.2) is 0 Å². The van der Waals surface area contributed by atoms with Crippen molar-refractivity contribution in [1.29, 1.82) is 0 Å². The van der Waals surface area contributed by atoms with Gasteiger partial charge in [-0.2, -0.15) is 0 Å². The molecule has 2 N–H and O–H groups in total. The fourth-order valence-corrected chi connectivity index (χ4v) is 4.89. The molecular weight excluding hydrogens is 455 g/mol. The Labute approximate surface area is 118 Å². The van der Waals surface area contributed by atoms with E-state index in [4.69, 9.17) is 16.9 Å². The first-order valence-electron chi connectivity index (χ1n) is 4.25. The van der Waals surface area contributed by atoms with Crippen LogP contribution >= 0.6 is 30.2 Å². The van der Waals surface area contributed by atoms with Crippen LogP contribution in [0.4, 0.5) is 0 Å². The van der Waals surface area contributed by atoms with Crippen molar-refractivity contribution >= 4 is 30.2 Å². The topological polar surface area (TPSA) is 55.9 Å². The van der Waals surface area contributed by atoms with Crippen LogP contribution in [0.2, 0.25) is 5.02 Å². The molecule has 0 saturated heterocycles. The average Bonchev–Trinajstić information content (AvgIpc) is 2.28. The zero-order chi connectivity index (χ0) is 12.1. The number of halogens is 3. The van der Waals surface area contributed by atoms with Gasteiger partial charge in [-0.15, -0.1) is 0 Å². The second-order valence-electron chi connectivity index (χ2n) is 2.89. The van der Waals surface area contributed by atoms with E-state index in [1.807, 2.05) is 6.07 Å². The van der Waals surface area contributed by atoms with E-state index in [2.05, 4.69) is 30.1 Å². The van der Waals surface area contributed by atoms with Gasteiger partial charge in [0.1, 0.15) is 0 Å². The van der Waals surface area contributed by atoms with Crippen molar-refractivity contribution in [3.05, 3.63) is 36.8 Å². The minimum absolute atomic E-state index is 0.221. The molecule has 16 heavy (non-hydrogen) atoms. The molecule has 0 amide bonds. The molecule has 0 spiro atoms. The van der Waals surface area contributed by atoms with Crippen LogP contribution in [0.15, 0.2) is 12.1 Å². The van der Waals surface area contributed by atoms with Crippen LogP contribution in [0.5, 0.6) is 0 Å². The number of nitrogens with zero attached hydrogens (tertiary/aromatic N) is 1. The Morgan fingerprint density at radius 2 is 2.38 bits per heavy atom. The van der Waals surface area contributed by atoms with Gasteiger partial charge in [0.05, 0.1) is 0 Å². The van der Waals surface area contributed by atoms with Gasteiger partial charge in [-0.05, 0) is 0 Å². The predicted molar refractivity (Wildman–Crippen MR) is 64.5 cm³/mol. The molecule has 0 saturated carbocycles. The van der Waals surface area contributed by atoms with Gasteiger partial charge in [-0.1, -0.05) is 0 Å². The normalized spacial score (nSPS) is 9.88. The van der Waals surface area contributed by atoms with Crippen molar-refractivity contribution in [2.24, 2.45) is 0 Å². The summed E-state index contributed by atoms with van der Waals surface area (Å²) >= 11 is 8.11. The SMILES string of the molecule is CN[N+](=O)Cc1cc(Cl)c(C#[NH+])c([I-]I)c1. The monoisotopic (exact) mass is 464 g/mol. The van der Waals surface area contributed by atoms with Crippen molar-refractivity contribution in [2.45, 2.75) is 6.54 Å². The number of nitroso groups, excluding NO2 is 1. The number of hydrogen-bond acceptors (Lipinski definition) is 1. The van der Waals surface area contributed by atoms with E-state index >= 15 is 0 Å². The summed E-state index contributed by atoms with van der Waals surface area (Å²) in [5, 5.41) is 7.66. The van der Waals surface area contributed by atoms with Crippen LogP contribution in [0.1, 0.15) is 11.1 Å². The summed E-state index contributed by atoms with van der Waals surface area (Å²) in [5.74, 6) is 0. The molecule has 0 bridgehead atoms. The molecule has 7 heteroatoms. The van der Waals surface area contributed by atoms with Gasteiger partial charge in [0.25, 0.3) is 0 Å². The Hall–Kier alpha value is -0.140. The van der Waals surface area contributed by atoms with Crippen molar-refractivity contribution in [3.8, 4) is 6.07 Å². The molecule has 0 aliphatic carbocycles. The van der Waals surface area contributed by atoms with Crippen molar-refractivity contribution in [1.82, 2.24) is 5.43 Å². The van der Waals surface area contributed by atoms with Crippen LogP contribution in [0.25, 0.3) is 0 Å². The number of rotatable bonds is 4. The molecular formula is C9H9ClI2N3O+. The first-order chi connectivity index (χ1) is 7.62. The number of nitrogens with one attached hydrogen (secondary N) is 2. The minimum atomic E-state index is -0.221. The summed E-state index contributed by atoms with van der Waals surface area (Å²) in [7, 11) is 1.57. The van der Waals surface area contributed by atoms with E-state index in [-0.39, 0.29) is 23.8 Å². The van der Waals surface area contributed by atoms with Crippen molar-refractivity contribution in [3.63, 3.8) is 0 Å². The Bertz CT molecular complexity index is 459. The van der Waals surface area contributed by atoms with E-state index in [1.165, 1.54) is 0 Å². The molecule has 86 valence electrons. The van der Waals surface area contributed by atoms with Crippen molar-refractivity contribution in [2.75, 3.05) is 7.05 Å². The molecule has 0 fully saturated rings. The Morgan fingerprint density at radius 3 is 2.88 bits per heavy atom. The van der Waals surface area contributed by atoms with Crippen LogP contribution in [-0.4, -0.2) is 11.9 Å². The Morgan fingerprint density at radius 1 is 1.69 bits per heavy atom. The van der Waals surface area contributed by atoms with Crippen molar-refractivity contribution < 1.29 is 27.4 Å². The first-order valence-corrected chi connectivity index (χ1v) is 12.0. The second kappa shape index (κ2) is 6.56. The molecule has 1 rings (SSSR count). The summed E-state index contributed by atoms with van der Waals surface area (Å²) in [4.78, 5) is 11.9. The fourth-order valence-electron chi connectivity index (χ4n) is 1.14. The van der Waals surface area contributed by atoms with E-state index in [1.54, 1.807) is 13.1 Å². The van der Waals surface area contributed by atoms with Crippen LogP contribution in [-0.2, 0) is 6.54 Å². The zero-order valence-corrected chi connectivity index (χ0v) is 13.4. The Balaban J connectivity index is 3.11. The van der Waals surface area contributed by atoms with E-state index in [9.17, 15) is 4.91 Å². The van der Waals surface area contributed by atoms with Gasteiger partial charge >= 0.3 is 119 Å². The molecule has 1 aromatic rings. The second-order valence-corrected chi connectivity index (χ2v) is 7.60. The van der Waals surface area contributed by atoms with E-state index < -0.39 is 0 Å². The summed E-state index contributed by atoms with van der Waals surface area (Å²) in [5.41, 5.74) is 3.98. The zero-order valence-electron chi connectivity index (χ0n) is 8.35. The summed E-state index contributed by atoms with van der Waals surface area (Å²) in [6, 6.07) is 5.97. The third-order valence-electron chi connectivity index (χ3n) is 1.88. The van der Waals surface area contributed by atoms with Crippen LogP contribution in [0, 0.1) is 14.5 Å². The third-order valence-corrected chi connectivity index (χ3v) is 6.41. The van der Waals surface area contributed by atoms with Gasteiger partial charge in [0.2, 0.25) is 0 Å². The molecule has 0 aliphatic heterocycles. The summed E-state index contributed by atoms with van der Waals surface area (Å²) in [6.45, 7) is 0.238. The van der Waals surface area contributed by atoms with Crippen LogP contribution in [0.3, 0.4) is 0 Å². The Kier molecular flexibility index (Phi) is 5.71. The fraction of sp³-hybridized carbons (Fsp3) is 0.222. The van der Waals surface area contributed by atoms with Gasteiger partial charge in [0, 0.05) is 0 Å². The van der Waals surface area contributed by atoms with E-state index in [0.717, 1.165) is 14.0 Å². The molecule has 0 aromatic heterocycles. The maximum absolute atomic E-state index is 11.2. The third kappa shape index (κ3) is 3.43. The van der Waals surface area contributed by atoms with Gasteiger partial charge < -0.3 is 0 Å². The predicted octanol–water partition coefficient (Wildman–Crippen LogP) is -2.52. The molecule has 0 atom stereocenters. The standard InChI is InChI=1S/C9H8ClI2N3O/c1-14-15(16)5-6-2-8(10)7(4-13)9(3-6)12-11/h2-3H,5H2,1H3,(H,14,16)/p+1. The molecule has 1 aromatic carbocycles. The summed E-state index contributed by atoms with van der Waals surface area (Å²) in [6.07, 6.45) is 0. The molecule has 4 nitrogen and oxygen atoms in total. The molecule has 0 unspecified atom stereocenters. The van der Waals surface area contributed by atoms with Crippen LogP contribution < -0.4 is 27.9 Å². The number of hydrogen-bond donors (Lipinski definition) is 2. The number of benzene rings is 1. The average molecular weight is 464 g/mol. The molecule has 0 radical (unpaired) electrons. The van der Waals surface area contributed by atoms with Gasteiger partial charge in [-0.3, -0.25) is 0 Å². The van der Waals surface area contributed by atoms with Gasteiger partial charge in [0.15, 0.2) is 0 Å².